The van der Waals surface area contributed by atoms with Crippen molar-refractivity contribution in [3.8, 4) is 0 Å². The number of rotatable bonds is 3. The smallest absolute Gasteiger partial charge is 0.338 e. The zero-order valence-electron chi connectivity index (χ0n) is 13.2. The van der Waals surface area contributed by atoms with E-state index in [1.807, 2.05) is 37.3 Å². The Morgan fingerprint density at radius 3 is 2.71 bits per heavy atom. The van der Waals surface area contributed by atoms with Crippen molar-refractivity contribution in [1.29, 1.82) is 0 Å². The van der Waals surface area contributed by atoms with Crippen molar-refractivity contribution in [2.75, 3.05) is 7.11 Å². The molecule has 3 aromatic rings. The lowest BCUT2D eigenvalue weighted by Crippen LogP contribution is -2.02. The molecule has 1 aromatic carbocycles. The maximum atomic E-state index is 11.8. The molecule has 5 nitrogen and oxygen atoms in total. The van der Waals surface area contributed by atoms with Crippen molar-refractivity contribution in [3.05, 3.63) is 65.4 Å². The van der Waals surface area contributed by atoms with E-state index in [9.17, 15) is 4.79 Å². The predicted octanol–water partition coefficient (Wildman–Crippen LogP) is 4.01. The Morgan fingerprint density at radius 2 is 1.96 bits per heavy atom. The van der Waals surface area contributed by atoms with Crippen LogP contribution in [0.25, 0.3) is 21.5 Å². The largest absolute Gasteiger partial charge is 0.465 e. The van der Waals surface area contributed by atoms with Gasteiger partial charge in [-0.2, -0.15) is 0 Å². The van der Waals surface area contributed by atoms with Crippen molar-refractivity contribution in [2.45, 2.75) is 6.92 Å². The fraction of sp³-hybridized carbons (Fsp3) is 0.111. The quantitative estimate of drug-likeness (QED) is 0.639. The first kappa shape index (κ1) is 16.3. The van der Waals surface area contributed by atoms with Gasteiger partial charge in [0, 0.05) is 23.5 Å². The van der Waals surface area contributed by atoms with Gasteiger partial charge in [0.15, 0.2) is 5.82 Å². The zero-order valence-corrected chi connectivity index (χ0v) is 14.7. The summed E-state index contributed by atoms with van der Waals surface area (Å²) in [6.07, 6.45) is 5.23. The van der Waals surface area contributed by atoms with Crippen molar-refractivity contribution < 1.29 is 9.53 Å². The van der Waals surface area contributed by atoms with Gasteiger partial charge >= 0.3 is 5.97 Å². The van der Waals surface area contributed by atoms with Gasteiger partial charge in [-0.1, -0.05) is 12.1 Å². The summed E-state index contributed by atoms with van der Waals surface area (Å²) in [5.74, 6) is 0.242. The van der Waals surface area contributed by atoms with Crippen LogP contribution in [0.15, 0.2) is 42.7 Å². The molecule has 0 spiro atoms. The molecule has 0 amide bonds. The van der Waals surface area contributed by atoms with E-state index in [1.165, 1.54) is 7.11 Å². The van der Waals surface area contributed by atoms with Crippen LogP contribution in [-0.2, 0) is 4.74 Å². The Bertz CT molecular complexity index is 954. The number of carbonyl (C=O) groups excluding carboxylic acids is 1. The Kier molecular flexibility index (Phi) is 4.66. The Balaban J connectivity index is 2.02. The molecule has 0 saturated carbocycles. The summed E-state index contributed by atoms with van der Waals surface area (Å²) < 4.78 is 5.58. The van der Waals surface area contributed by atoms with E-state index in [0.29, 0.717) is 11.4 Å². The van der Waals surface area contributed by atoms with Gasteiger partial charge in [0.1, 0.15) is 0 Å². The molecule has 0 N–H and O–H groups in total. The van der Waals surface area contributed by atoms with Gasteiger partial charge in [0.25, 0.3) is 0 Å². The van der Waals surface area contributed by atoms with E-state index < -0.39 is 0 Å². The molecule has 0 unspecified atom stereocenters. The van der Waals surface area contributed by atoms with E-state index in [0.717, 1.165) is 26.6 Å². The van der Waals surface area contributed by atoms with Crippen LogP contribution in [0, 0.1) is 6.92 Å². The van der Waals surface area contributed by atoms with Crippen LogP contribution in [0.1, 0.15) is 27.4 Å². The van der Waals surface area contributed by atoms with Crippen molar-refractivity contribution in [3.63, 3.8) is 0 Å². The number of halogens is 1. The molecule has 0 saturated heterocycles. The molecule has 0 bridgehead atoms. The van der Waals surface area contributed by atoms with Gasteiger partial charge in [-0.05, 0) is 52.7 Å². The minimum atomic E-state index is -0.375. The number of hydrogen-bond acceptors (Lipinski definition) is 5. The van der Waals surface area contributed by atoms with Gasteiger partial charge in [0.2, 0.25) is 0 Å². The highest BCUT2D eigenvalue weighted by Crippen LogP contribution is 2.24. The minimum Gasteiger partial charge on any atom is -0.465 e. The summed E-state index contributed by atoms with van der Waals surface area (Å²) in [5, 5.41) is 0.754. The van der Waals surface area contributed by atoms with Crippen LogP contribution in [-0.4, -0.2) is 28.0 Å². The third-order valence-electron chi connectivity index (χ3n) is 3.47. The lowest BCUT2D eigenvalue weighted by atomic mass is 10.1. The highest BCUT2D eigenvalue weighted by molar-refractivity contribution is 9.15. The number of benzene rings is 1. The standard InChI is InChI=1S/C18H14BrN3O2/c1-11-5-7-21-17(22-11)15(19)9-12-3-4-13-14(18(23)24-2)6-8-20-16(13)10-12/h3-10H,1-2H3. The average molecular weight is 384 g/mol. The highest BCUT2D eigenvalue weighted by Gasteiger charge is 2.11. The average Bonchev–Trinajstić information content (AvgIpc) is 2.60. The number of aryl methyl sites for hydroxylation is 1. The van der Waals surface area contributed by atoms with Gasteiger partial charge < -0.3 is 4.74 Å². The van der Waals surface area contributed by atoms with Crippen LogP contribution >= 0.6 is 15.9 Å². The molecule has 120 valence electrons. The van der Waals surface area contributed by atoms with E-state index in [1.54, 1.807) is 18.5 Å². The Labute approximate surface area is 147 Å². The number of nitrogens with zero attached hydrogens (tertiary/aromatic N) is 3. The van der Waals surface area contributed by atoms with E-state index >= 15 is 0 Å². The Hall–Kier alpha value is -2.60. The summed E-state index contributed by atoms with van der Waals surface area (Å²) in [4.78, 5) is 24.8. The van der Waals surface area contributed by atoms with Gasteiger partial charge in [0.05, 0.1) is 22.7 Å². The van der Waals surface area contributed by atoms with Crippen molar-refractivity contribution >= 4 is 43.4 Å². The Morgan fingerprint density at radius 1 is 1.17 bits per heavy atom. The maximum absolute atomic E-state index is 11.8. The molecule has 0 aliphatic rings. The second-order valence-corrected chi connectivity index (χ2v) is 5.99. The summed E-state index contributed by atoms with van der Waals surface area (Å²) in [7, 11) is 1.37. The predicted molar refractivity (Wildman–Crippen MR) is 96.6 cm³/mol. The van der Waals surface area contributed by atoms with Crippen molar-refractivity contribution in [1.82, 2.24) is 15.0 Å². The number of fused-ring (bicyclic) bond motifs is 1. The van der Waals surface area contributed by atoms with E-state index in [2.05, 4.69) is 30.9 Å². The third kappa shape index (κ3) is 3.33. The molecule has 2 aromatic heterocycles. The zero-order chi connectivity index (χ0) is 17.1. The lowest BCUT2D eigenvalue weighted by molar-refractivity contribution is 0.0603. The number of esters is 1. The number of hydrogen-bond donors (Lipinski definition) is 0. The molecule has 24 heavy (non-hydrogen) atoms. The van der Waals surface area contributed by atoms with E-state index in [-0.39, 0.29) is 5.97 Å². The number of methoxy groups -OCH3 is 1. The van der Waals surface area contributed by atoms with Crippen LogP contribution < -0.4 is 0 Å². The number of ether oxygens (including phenoxy) is 1. The molecular weight excluding hydrogens is 370 g/mol. The molecule has 0 aliphatic carbocycles. The molecule has 0 aliphatic heterocycles. The first-order chi connectivity index (χ1) is 11.6. The van der Waals surface area contributed by atoms with Crippen LogP contribution in [0.2, 0.25) is 0 Å². The van der Waals surface area contributed by atoms with Gasteiger partial charge in [-0.25, -0.2) is 14.8 Å². The van der Waals surface area contributed by atoms with Crippen LogP contribution in [0.5, 0.6) is 0 Å². The third-order valence-corrected chi connectivity index (χ3v) is 4.06. The topological polar surface area (TPSA) is 65.0 Å². The summed E-state index contributed by atoms with van der Waals surface area (Å²) in [6.45, 7) is 1.92. The SMILES string of the molecule is COC(=O)c1ccnc2cc(C=C(Br)c3nccc(C)n3)ccc12. The molecule has 0 radical (unpaired) electrons. The van der Waals surface area contributed by atoms with Crippen molar-refractivity contribution in [2.24, 2.45) is 0 Å². The fourth-order valence-electron chi connectivity index (χ4n) is 2.32. The number of carbonyl (C=O) groups is 1. The normalized spacial score (nSPS) is 11.5. The summed E-state index contributed by atoms with van der Waals surface area (Å²) >= 11 is 3.51. The molecule has 0 atom stereocenters. The maximum Gasteiger partial charge on any atom is 0.338 e. The van der Waals surface area contributed by atoms with Crippen LogP contribution in [0.3, 0.4) is 0 Å². The molecule has 6 heteroatoms. The molecular formula is C18H14BrN3O2. The fourth-order valence-corrected chi connectivity index (χ4v) is 2.77. The second kappa shape index (κ2) is 6.88. The monoisotopic (exact) mass is 383 g/mol. The first-order valence-corrected chi connectivity index (χ1v) is 8.02. The molecule has 3 rings (SSSR count). The number of aromatic nitrogens is 3. The number of pyridine rings is 1. The lowest BCUT2D eigenvalue weighted by Gasteiger charge is -2.05. The van der Waals surface area contributed by atoms with Gasteiger partial charge in [-0.15, -0.1) is 0 Å². The molecule has 2 heterocycles. The summed E-state index contributed by atoms with van der Waals surface area (Å²) in [5.41, 5.74) is 3.04. The molecule has 0 fully saturated rings. The van der Waals surface area contributed by atoms with Gasteiger partial charge in [-0.3, -0.25) is 4.98 Å². The van der Waals surface area contributed by atoms with E-state index in [4.69, 9.17) is 4.74 Å². The second-order valence-electron chi connectivity index (χ2n) is 5.14. The summed E-state index contributed by atoms with van der Waals surface area (Å²) in [6, 6.07) is 9.17. The highest BCUT2D eigenvalue weighted by atomic mass is 79.9. The first-order valence-electron chi connectivity index (χ1n) is 7.23. The minimum absolute atomic E-state index is 0.375. The van der Waals surface area contributed by atoms with Crippen LogP contribution in [0.4, 0.5) is 0 Å².